The summed E-state index contributed by atoms with van der Waals surface area (Å²) in [5, 5.41) is 3.75. The van der Waals surface area contributed by atoms with E-state index >= 15 is 0 Å². The van der Waals surface area contributed by atoms with Crippen LogP contribution in [-0.2, 0) is 11.2 Å². The van der Waals surface area contributed by atoms with E-state index in [9.17, 15) is 4.79 Å². The zero-order valence-corrected chi connectivity index (χ0v) is 22.0. The molecule has 1 aromatic heterocycles. The molecule has 2 heterocycles. The molecular formula is C31H33N3O4. The Labute approximate surface area is 223 Å². The van der Waals surface area contributed by atoms with Gasteiger partial charge in [-0.3, -0.25) is 15.2 Å². The van der Waals surface area contributed by atoms with Crippen LogP contribution < -0.4 is 14.8 Å². The first-order valence-corrected chi connectivity index (χ1v) is 12.9. The van der Waals surface area contributed by atoms with Crippen LogP contribution in [-0.4, -0.2) is 49.9 Å². The molecule has 0 bridgehead atoms. The number of pyridine rings is 1. The van der Waals surface area contributed by atoms with Crippen molar-refractivity contribution < 1.29 is 19.0 Å². The van der Waals surface area contributed by atoms with Gasteiger partial charge in [-0.15, -0.1) is 0 Å². The number of nitrogens with zero attached hydrogens (tertiary/aromatic N) is 2. The summed E-state index contributed by atoms with van der Waals surface area (Å²) in [6.45, 7) is 3.99. The van der Waals surface area contributed by atoms with Gasteiger partial charge in [0.05, 0.1) is 25.4 Å². The first-order chi connectivity index (χ1) is 18.6. The Kier molecular flexibility index (Phi) is 7.75. The third-order valence-electron chi connectivity index (χ3n) is 7.32. The van der Waals surface area contributed by atoms with E-state index in [1.807, 2.05) is 30.3 Å². The normalized spacial score (nSPS) is 15.9. The number of carbonyl (C=O) groups is 1. The van der Waals surface area contributed by atoms with Crippen LogP contribution in [0, 0.1) is 0 Å². The number of amides is 1. The summed E-state index contributed by atoms with van der Waals surface area (Å²) in [4.78, 5) is 19.4. The van der Waals surface area contributed by atoms with E-state index in [1.165, 1.54) is 16.7 Å². The number of para-hydroxylation sites is 1. The number of carbonyl (C=O) groups excluding carboxylic acids is 1. The molecule has 2 unspecified atom stereocenters. The van der Waals surface area contributed by atoms with E-state index in [4.69, 9.17) is 14.2 Å². The van der Waals surface area contributed by atoms with Gasteiger partial charge in [0.25, 0.3) is 0 Å². The van der Waals surface area contributed by atoms with Gasteiger partial charge in [0.1, 0.15) is 6.61 Å². The van der Waals surface area contributed by atoms with Gasteiger partial charge in [-0.1, -0.05) is 55.5 Å². The number of benzene rings is 3. The lowest BCUT2D eigenvalue weighted by molar-refractivity contribution is 0.107. The number of fused-ring (bicyclic) bond motifs is 2. The lowest BCUT2D eigenvalue weighted by Crippen LogP contribution is -2.40. The maximum atomic E-state index is 12.7. The van der Waals surface area contributed by atoms with Crippen LogP contribution in [0.1, 0.15) is 35.6 Å². The Balaban J connectivity index is 1.33. The monoisotopic (exact) mass is 511 g/mol. The maximum Gasteiger partial charge on any atom is 0.411 e. The average molecular weight is 512 g/mol. The highest BCUT2D eigenvalue weighted by Crippen LogP contribution is 2.44. The average Bonchev–Trinajstić information content (AvgIpc) is 2.96. The summed E-state index contributed by atoms with van der Waals surface area (Å²) in [6, 6.07) is 24.3. The predicted octanol–water partition coefficient (Wildman–Crippen LogP) is 6.20. The second kappa shape index (κ2) is 11.5. The van der Waals surface area contributed by atoms with Crippen molar-refractivity contribution in [2.45, 2.75) is 25.3 Å². The van der Waals surface area contributed by atoms with Crippen LogP contribution in [0.15, 0.2) is 79.0 Å². The smallest absolute Gasteiger partial charge is 0.411 e. The molecule has 0 fully saturated rings. The lowest BCUT2D eigenvalue weighted by Gasteiger charge is -2.41. The Hall–Kier alpha value is -4.10. The molecule has 1 amide bonds. The van der Waals surface area contributed by atoms with E-state index in [0.717, 1.165) is 35.4 Å². The summed E-state index contributed by atoms with van der Waals surface area (Å²) in [7, 11) is 3.33. The molecule has 5 rings (SSSR count). The van der Waals surface area contributed by atoms with Crippen LogP contribution in [0.5, 0.6) is 11.5 Å². The second-order valence-corrected chi connectivity index (χ2v) is 9.47. The van der Waals surface area contributed by atoms with Crippen LogP contribution in [0.4, 0.5) is 10.5 Å². The lowest BCUT2D eigenvalue weighted by atomic mass is 9.82. The number of hydrogen-bond donors (Lipinski definition) is 1. The Morgan fingerprint density at radius 2 is 1.76 bits per heavy atom. The summed E-state index contributed by atoms with van der Waals surface area (Å²) >= 11 is 0. The first-order valence-electron chi connectivity index (χ1n) is 12.9. The van der Waals surface area contributed by atoms with Gasteiger partial charge in [-0.05, 0) is 47.4 Å². The maximum absolute atomic E-state index is 12.7. The van der Waals surface area contributed by atoms with Crippen LogP contribution in [0.2, 0.25) is 0 Å². The molecule has 0 saturated carbocycles. The van der Waals surface area contributed by atoms with E-state index < -0.39 is 6.09 Å². The molecule has 196 valence electrons. The van der Waals surface area contributed by atoms with Crippen LogP contribution in [0.3, 0.4) is 0 Å². The minimum atomic E-state index is -0.474. The van der Waals surface area contributed by atoms with E-state index in [-0.39, 0.29) is 18.6 Å². The van der Waals surface area contributed by atoms with Gasteiger partial charge in [0.2, 0.25) is 0 Å². The highest BCUT2D eigenvalue weighted by Gasteiger charge is 2.33. The van der Waals surface area contributed by atoms with Crippen molar-refractivity contribution >= 4 is 22.7 Å². The highest BCUT2D eigenvalue weighted by atomic mass is 16.5. The fourth-order valence-electron chi connectivity index (χ4n) is 5.41. The number of aromatic nitrogens is 1. The fourth-order valence-corrected chi connectivity index (χ4v) is 5.41. The number of rotatable bonds is 8. The summed E-state index contributed by atoms with van der Waals surface area (Å²) in [5.41, 5.74) is 5.24. The van der Waals surface area contributed by atoms with Gasteiger partial charge >= 0.3 is 6.09 Å². The molecular weight excluding hydrogens is 478 g/mol. The summed E-state index contributed by atoms with van der Waals surface area (Å²) in [5.74, 6) is 1.68. The molecule has 7 nitrogen and oxygen atoms in total. The Morgan fingerprint density at radius 3 is 2.55 bits per heavy atom. The Morgan fingerprint density at radius 1 is 1.03 bits per heavy atom. The van der Waals surface area contributed by atoms with Gasteiger partial charge in [0.15, 0.2) is 11.5 Å². The molecule has 0 saturated heterocycles. The van der Waals surface area contributed by atoms with Crippen molar-refractivity contribution in [3.05, 3.63) is 95.7 Å². The minimum absolute atomic E-state index is 0.0942. The van der Waals surface area contributed by atoms with Gasteiger partial charge in [0, 0.05) is 36.6 Å². The number of hydrogen-bond acceptors (Lipinski definition) is 6. The quantitative estimate of drug-likeness (QED) is 0.304. The Bertz CT molecular complexity index is 1400. The second-order valence-electron chi connectivity index (χ2n) is 9.47. The van der Waals surface area contributed by atoms with Crippen LogP contribution >= 0.6 is 0 Å². The first kappa shape index (κ1) is 25.5. The largest absolute Gasteiger partial charge is 0.493 e. The molecule has 3 aromatic carbocycles. The van der Waals surface area contributed by atoms with E-state index in [2.05, 4.69) is 58.5 Å². The summed E-state index contributed by atoms with van der Waals surface area (Å²) < 4.78 is 16.9. The van der Waals surface area contributed by atoms with Crippen LogP contribution in [0.25, 0.3) is 10.9 Å². The molecule has 38 heavy (non-hydrogen) atoms. The van der Waals surface area contributed by atoms with Gasteiger partial charge < -0.3 is 14.2 Å². The third kappa shape index (κ3) is 5.29. The topological polar surface area (TPSA) is 72.9 Å². The number of ether oxygens (including phenoxy) is 3. The van der Waals surface area contributed by atoms with Crippen molar-refractivity contribution in [3.63, 3.8) is 0 Å². The van der Waals surface area contributed by atoms with Crippen molar-refractivity contribution in [3.8, 4) is 11.5 Å². The van der Waals surface area contributed by atoms with Crippen molar-refractivity contribution in [2.75, 3.05) is 39.2 Å². The predicted molar refractivity (Wildman–Crippen MR) is 149 cm³/mol. The molecule has 0 spiro atoms. The standard InChI is InChI=1S/C31H33N3O4/c1-21(22-9-5-4-6-10-22)30-25-20-29(37-3)28(36-2)19-23(25)14-16-34(30)17-18-38-31(35)33-27-13-15-32-26-12-8-7-11-24(26)27/h4-13,15,19-21,30H,14,16-18H2,1-3H3,(H,32,33,35). The molecule has 1 N–H and O–H groups in total. The molecule has 7 heteroatoms. The minimum Gasteiger partial charge on any atom is -0.493 e. The third-order valence-corrected chi connectivity index (χ3v) is 7.32. The van der Waals surface area contributed by atoms with E-state index in [1.54, 1.807) is 26.5 Å². The van der Waals surface area contributed by atoms with Crippen molar-refractivity contribution in [1.82, 2.24) is 9.88 Å². The zero-order chi connectivity index (χ0) is 26.5. The van der Waals surface area contributed by atoms with Crippen molar-refractivity contribution in [2.24, 2.45) is 0 Å². The zero-order valence-electron chi connectivity index (χ0n) is 22.0. The summed E-state index contributed by atoms with van der Waals surface area (Å²) in [6.07, 6.45) is 2.09. The van der Waals surface area contributed by atoms with E-state index in [0.29, 0.717) is 12.2 Å². The number of methoxy groups -OCH3 is 2. The molecule has 2 atom stereocenters. The molecule has 0 radical (unpaired) electrons. The molecule has 0 aliphatic carbocycles. The highest BCUT2D eigenvalue weighted by molar-refractivity contribution is 5.98. The molecule has 1 aliphatic heterocycles. The van der Waals surface area contributed by atoms with Gasteiger partial charge in [-0.2, -0.15) is 0 Å². The SMILES string of the molecule is COc1cc2c(cc1OC)C(C(C)c1ccccc1)N(CCOC(=O)Nc1ccnc3ccccc13)CC2. The van der Waals surface area contributed by atoms with Gasteiger partial charge in [-0.25, -0.2) is 4.79 Å². The fraction of sp³-hybridized carbons (Fsp3) is 0.290. The molecule has 4 aromatic rings. The number of nitrogens with one attached hydrogen (secondary N) is 1. The molecule has 1 aliphatic rings. The van der Waals surface area contributed by atoms with Crippen molar-refractivity contribution in [1.29, 1.82) is 0 Å². The number of anilines is 1.